The Balaban J connectivity index is 4.31. The molecule has 0 aromatic carbocycles. The molecule has 0 aromatic rings. The van der Waals surface area contributed by atoms with Gasteiger partial charge in [0, 0.05) is 25.4 Å². The molecule has 4 amide bonds. The first kappa shape index (κ1) is 27.7. The Labute approximate surface area is 181 Å². The average Bonchev–Trinajstić information content (AvgIpc) is 2.59. The summed E-state index contributed by atoms with van der Waals surface area (Å²) >= 11 is 1.18. The van der Waals surface area contributed by atoms with Crippen molar-refractivity contribution in [3.63, 3.8) is 0 Å². The van der Waals surface area contributed by atoms with Gasteiger partial charge in [0.25, 0.3) is 0 Å². The van der Waals surface area contributed by atoms with Crippen LogP contribution < -0.4 is 21.3 Å². The summed E-state index contributed by atoms with van der Waals surface area (Å²) in [6.07, 6.45) is -0.253. The van der Waals surface area contributed by atoms with Crippen molar-refractivity contribution in [1.29, 1.82) is 0 Å². The molecule has 3 atom stereocenters. The second-order valence-corrected chi connectivity index (χ2v) is 9.28. The van der Waals surface area contributed by atoms with Crippen molar-refractivity contribution in [1.82, 2.24) is 21.3 Å². The lowest BCUT2D eigenvalue weighted by Gasteiger charge is -2.19. The van der Waals surface area contributed by atoms with Crippen LogP contribution in [0.1, 0.15) is 54.4 Å². The third-order valence-electron chi connectivity index (χ3n) is 3.71. The summed E-state index contributed by atoms with van der Waals surface area (Å²) in [5, 5.41) is 18.6. The van der Waals surface area contributed by atoms with E-state index < -0.39 is 41.0 Å². The molecule has 0 radical (unpaired) electrons. The van der Waals surface area contributed by atoms with Crippen molar-refractivity contribution in [2.45, 2.75) is 83.0 Å². The van der Waals surface area contributed by atoms with Crippen molar-refractivity contribution in [3.05, 3.63) is 0 Å². The predicted octanol–water partition coefficient (Wildman–Crippen LogP) is 0.0116. The number of carbonyl (C=O) groups is 5. The van der Waals surface area contributed by atoms with Crippen molar-refractivity contribution < 1.29 is 29.1 Å². The average molecular weight is 447 g/mol. The maximum Gasteiger partial charge on any atom is 0.317 e. The molecule has 10 nitrogen and oxygen atoms in total. The van der Waals surface area contributed by atoms with Crippen molar-refractivity contribution in [3.8, 4) is 0 Å². The molecule has 172 valence electrons. The zero-order valence-corrected chi connectivity index (χ0v) is 19.2. The molecule has 30 heavy (non-hydrogen) atoms. The molecule has 0 saturated heterocycles. The van der Waals surface area contributed by atoms with Gasteiger partial charge in [-0.15, -0.1) is 11.8 Å². The van der Waals surface area contributed by atoms with E-state index in [0.717, 1.165) is 0 Å². The summed E-state index contributed by atoms with van der Waals surface area (Å²) < 4.78 is 0. The molecule has 0 fully saturated rings. The number of carboxylic acids is 1. The maximum atomic E-state index is 12.1. The summed E-state index contributed by atoms with van der Waals surface area (Å²) in [4.78, 5) is 59.0. The fraction of sp³-hybridized carbons (Fsp3) is 0.737. The lowest BCUT2D eigenvalue weighted by molar-refractivity contribution is -0.138. The zero-order chi connectivity index (χ0) is 23.4. The fourth-order valence-electron chi connectivity index (χ4n) is 2.27. The molecule has 0 aliphatic heterocycles. The highest BCUT2D eigenvalue weighted by Crippen LogP contribution is 2.20. The number of hydrogen-bond acceptors (Lipinski definition) is 6. The van der Waals surface area contributed by atoms with E-state index in [2.05, 4.69) is 21.3 Å². The van der Waals surface area contributed by atoms with E-state index >= 15 is 0 Å². The number of nitrogens with one attached hydrogen (secondary N) is 4. The van der Waals surface area contributed by atoms with Gasteiger partial charge in [-0.05, 0) is 32.9 Å². The van der Waals surface area contributed by atoms with Gasteiger partial charge in [-0.25, -0.2) is 0 Å². The lowest BCUT2D eigenvalue weighted by atomic mass is 10.2. The number of thioether (sulfide) groups is 1. The number of amides is 4. The van der Waals surface area contributed by atoms with Crippen LogP contribution >= 0.6 is 11.8 Å². The van der Waals surface area contributed by atoms with Gasteiger partial charge in [0.2, 0.25) is 23.6 Å². The van der Waals surface area contributed by atoms with Crippen LogP contribution in [-0.2, 0) is 24.0 Å². The standard InChI is InChI=1S/C19H34N4O6S/c1-10(2)21-17(26)13(6)23-18(27)12(5)22-15(24)7-8-20-16(25)9-14(19(28)29)30-11(3)4/h10-14H,7-9H2,1-6H3,(H,20,25)(H,21,26)(H,22,24)(H,23,27)(H,28,29)/t12-,13-,14?/m0/s1. The molecule has 0 aliphatic carbocycles. The minimum absolute atomic E-state index is 0.0187. The molecule has 0 aromatic heterocycles. The lowest BCUT2D eigenvalue weighted by Crippen LogP contribution is -2.52. The minimum Gasteiger partial charge on any atom is -0.480 e. The van der Waals surface area contributed by atoms with Gasteiger partial charge in [-0.2, -0.15) is 0 Å². The normalized spacial score (nSPS) is 13.9. The van der Waals surface area contributed by atoms with Crippen molar-refractivity contribution in [2.75, 3.05) is 6.54 Å². The quantitative estimate of drug-likeness (QED) is 0.267. The molecule has 0 heterocycles. The van der Waals surface area contributed by atoms with Gasteiger partial charge in [0.15, 0.2) is 0 Å². The van der Waals surface area contributed by atoms with Gasteiger partial charge in [-0.1, -0.05) is 13.8 Å². The molecule has 0 spiro atoms. The Morgan fingerprint density at radius 2 is 1.33 bits per heavy atom. The summed E-state index contributed by atoms with van der Waals surface area (Å²) in [6, 6.07) is -1.66. The molecule has 0 bridgehead atoms. The highest BCUT2D eigenvalue weighted by molar-refractivity contribution is 8.01. The number of carboxylic acid groups (broad SMARTS) is 1. The Hall–Kier alpha value is -2.30. The topological polar surface area (TPSA) is 154 Å². The highest BCUT2D eigenvalue weighted by Gasteiger charge is 2.23. The molecule has 0 rings (SSSR count). The van der Waals surface area contributed by atoms with E-state index in [1.807, 2.05) is 13.8 Å². The predicted molar refractivity (Wildman–Crippen MR) is 115 cm³/mol. The number of rotatable bonds is 13. The molecule has 0 aliphatic rings. The SMILES string of the molecule is CC(C)NC(=O)[C@H](C)NC(=O)[C@H](C)NC(=O)CCNC(=O)CC(SC(C)C)C(=O)O. The summed E-state index contributed by atoms with van der Waals surface area (Å²) in [5.74, 6) is -2.80. The second kappa shape index (κ2) is 13.8. The second-order valence-electron chi connectivity index (χ2n) is 7.50. The number of carbonyl (C=O) groups excluding carboxylic acids is 4. The van der Waals surface area contributed by atoms with Crippen LogP contribution in [0.2, 0.25) is 0 Å². The molecule has 1 unspecified atom stereocenters. The molecular weight excluding hydrogens is 412 g/mol. The van der Waals surface area contributed by atoms with E-state index in [0.29, 0.717) is 0 Å². The summed E-state index contributed by atoms with van der Waals surface area (Å²) in [5.41, 5.74) is 0. The Kier molecular flexibility index (Phi) is 12.8. The zero-order valence-electron chi connectivity index (χ0n) is 18.4. The first-order valence-corrected chi connectivity index (χ1v) is 10.8. The first-order chi connectivity index (χ1) is 13.8. The third kappa shape index (κ3) is 12.3. The van der Waals surface area contributed by atoms with Gasteiger partial charge in [0.1, 0.15) is 17.3 Å². The first-order valence-electron chi connectivity index (χ1n) is 9.88. The Bertz CT molecular complexity index is 626. The summed E-state index contributed by atoms with van der Waals surface area (Å²) in [7, 11) is 0. The maximum absolute atomic E-state index is 12.1. The van der Waals surface area contributed by atoms with Gasteiger partial charge >= 0.3 is 5.97 Å². The van der Waals surface area contributed by atoms with Crippen LogP contribution in [0.15, 0.2) is 0 Å². The van der Waals surface area contributed by atoms with Crippen LogP contribution in [-0.4, -0.2) is 69.9 Å². The smallest absolute Gasteiger partial charge is 0.317 e. The van der Waals surface area contributed by atoms with Crippen LogP contribution in [0.4, 0.5) is 0 Å². The molecule has 11 heteroatoms. The molecule has 5 N–H and O–H groups in total. The van der Waals surface area contributed by atoms with Gasteiger partial charge < -0.3 is 26.4 Å². The van der Waals surface area contributed by atoms with E-state index in [9.17, 15) is 24.0 Å². The third-order valence-corrected chi connectivity index (χ3v) is 4.95. The van der Waals surface area contributed by atoms with Crippen LogP contribution in [0.5, 0.6) is 0 Å². The van der Waals surface area contributed by atoms with Crippen molar-refractivity contribution in [2.24, 2.45) is 0 Å². The van der Waals surface area contributed by atoms with E-state index in [1.165, 1.54) is 18.7 Å². The summed E-state index contributed by atoms with van der Waals surface area (Å²) in [6.45, 7) is 10.3. The van der Waals surface area contributed by atoms with E-state index in [-0.39, 0.29) is 36.6 Å². The monoisotopic (exact) mass is 446 g/mol. The number of aliphatic carboxylic acids is 1. The molecular formula is C19H34N4O6S. The van der Waals surface area contributed by atoms with Crippen LogP contribution in [0, 0.1) is 0 Å². The largest absolute Gasteiger partial charge is 0.480 e. The minimum atomic E-state index is -1.06. The van der Waals surface area contributed by atoms with Crippen LogP contribution in [0.25, 0.3) is 0 Å². The van der Waals surface area contributed by atoms with Crippen LogP contribution in [0.3, 0.4) is 0 Å². The number of hydrogen-bond donors (Lipinski definition) is 5. The Morgan fingerprint density at radius 3 is 1.83 bits per heavy atom. The highest BCUT2D eigenvalue weighted by atomic mass is 32.2. The van der Waals surface area contributed by atoms with Gasteiger partial charge in [0.05, 0.1) is 0 Å². The van der Waals surface area contributed by atoms with E-state index in [1.54, 1.807) is 20.8 Å². The van der Waals surface area contributed by atoms with E-state index in [4.69, 9.17) is 5.11 Å². The van der Waals surface area contributed by atoms with Crippen molar-refractivity contribution >= 4 is 41.4 Å². The van der Waals surface area contributed by atoms with Gasteiger partial charge in [-0.3, -0.25) is 24.0 Å². The fourth-order valence-corrected chi connectivity index (χ4v) is 3.29. The molecule has 0 saturated carbocycles. The Morgan fingerprint density at radius 1 is 0.800 bits per heavy atom.